The quantitative estimate of drug-likeness (QED) is 0.849. The van der Waals surface area contributed by atoms with Crippen LogP contribution >= 0.6 is 11.3 Å². The number of amides is 1. The first-order valence-corrected chi connectivity index (χ1v) is 10.5. The number of hydrogen-bond acceptors (Lipinski definition) is 5. The van der Waals surface area contributed by atoms with Crippen LogP contribution in [-0.4, -0.2) is 41.5 Å². The van der Waals surface area contributed by atoms with E-state index in [2.05, 4.69) is 10.4 Å². The average Bonchev–Trinajstić information content (AvgIpc) is 3.24. The second kappa shape index (κ2) is 7.27. The van der Waals surface area contributed by atoms with Gasteiger partial charge in [-0.15, -0.1) is 11.3 Å². The van der Waals surface area contributed by atoms with Crippen LogP contribution in [0.1, 0.15) is 23.4 Å². The standard InChI is InChI=1S/C16H22N4O3S2/c1-12-15(10-18-19(12)2)25(22,23)20-7-3-5-13(11-20)16(21)17-9-14-6-4-8-24-14/h4,6,8,10,13H,3,5,7,9,11H2,1-2H3,(H,17,21). The Hall–Kier alpha value is -1.71. The molecule has 0 bridgehead atoms. The molecule has 3 heterocycles. The zero-order valence-corrected chi connectivity index (χ0v) is 15.9. The van der Waals surface area contributed by atoms with Crippen molar-refractivity contribution in [2.45, 2.75) is 31.2 Å². The molecule has 1 aliphatic rings. The van der Waals surface area contributed by atoms with Crippen LogP contribution in [0.4, 0.5) is 0 Å². The summed E-state index contributed by atoms with van der Waals surface area (Å²) < 4.78 is 28.7. The molecule has 1 fully saturated rings. The van der Waals surface area contributed by atoms with Crippen molar-refractivity contribution in [3.63, 3.8) is 0 Å². The summed E-state index contributed by atoms with van der Waals surface area (Å²) in [6.45, 7) is 2.87. The van der Waals surface area contributed by atoms with Crippen LogP contribution < -0.4 is 5.32 Å². The maximum atomic E-state index is 12.9. The number of hydrogen-bond donors (Lipinski definition) is 1. The summed E-state index contributed by atoms with van der Waals surface area (Å²) >= 11 is 1.59. The Labute approximate surface area is 151 Å². The van der Waals surface area contributed by atoms with E-state index in [-0.39, 0.29) is 23.3 Å². The lowest BCUT2D eigenvalue weighted by atomic mass is 9.99. The lowest BCUT2D eigenvalue weighted by Gasteiger charge is -2.31. The first kappa shape index (κ1) is 18.1. The monoisotopic (exact) mass is 382 g/mol. The minimum atomic E-state index is -3.62. The number of rotatable bonds is 5. The number of aryl methyl sites for hydroxylation is 1. The number of sulfonamides is 1. The third-order valence-corrected chi connectivity index (χ3v) is 7.42. The fourth-order valence-corrected chi connectivity index (χ4v) is 5.33. The van der Waals surface area contributed by atoms with Crippen molar-refractivity contribution in [1.82, 2.24) is 19.4 Å². The Bertz CT molecular complexity index is 843. The SMILES string of the molecule is Cc1c(S(=O)(=O)N2CCCC(C(=O)NCc3cccs3)C2)cnn1C. The molecular weight excluding hydrogens is 360 g/mol. The van der Waals surface area contributed by atoms with Crippen LogP contribution in [0.15, 0.2) is 28.6 Å². The van der Waals surface area contributed by atoms with E-state index < -0.39 is 10.0 Å². The lowest BCUT2D eigenvalue weighted by Crippen LogP contribution is -2.45. The van der Waals surface area contributed by atoms with Crippen LogP contribution in [0.3, 0.4) is 0 Å². The molecule has 0 saturated carbocycles. The molecule has 0 spiro atoms. The molecule has 25 heavy (non-hydrogen) atoms. The van der Waals surface area contributed by atoms with Crippen LogP contribution in [0, 0.1) is 12.8 Å². The number of nitrogens with zero attached hydrogens (tertiary/aromatic N) is 3. The Morgan fingerprint density at radius 2 is 2.28 bits per heavy atom. The molecule has 1 saturated heterocycles. The number of carbonyl (C=O) groups is 1. The highest BCUT2D eigenvalue weighted by molar-refractivity contribution is 7.89. The zero-order valence-electron chi connectivity index (χ0n) is 14.3. The van der Waals surface area contributed by atoms with Crippen LogP contribution in [0.25, 0.3) is 0 Å². The largest absolute Gasteiger partial charge is 0.351 e. The van der Waals surface area contributed by atoms with Crippen molar-refractivity contribution in [3.8, 4) is 0 Å². The highest BCUT2D eigenvalue weighted by atomic mass is 32.2. The predicted molar refractivity (Wildman–Crippen MR) is 95.6 cm³/mol. The Morgan fingerprint density at radius 1 is 1.48 bits per heavy atom. The van der Waals surface area contributed by atoms with Crippen molar-refractivity contribution in [3.05, 3.63) is 34.3 Å². The van der Waals surface area contributed by atoms with E-state index in [1.54, 1.807) is 30.0 Å². The molecule has 1 N–H and O–H groups in total. The summed E-state index contributed by atoms with van der Waals surface area (Å²) in [5.74, 6) is -0.406. The van der Waals surface area contributed by atoms with Gasteiger partial charge in [0.25, 0.3) is 0 Å². The number of nitrogens with one attached hydrogen (secondary N) is 1. The Kier molecular flexibility index (Phi) is 5.26. The summed E-state index contributed by atoms with van der Waals surface area (Å²) in [6.07, 6.45) is 2.76. The fourth-order valence-electron chi connectivity index (χ4n) is 2.98. The van der Waals surface area contributed by atoms with Gasteiger partial charge in [-0.1, -0.05) is 6.07 Å². The minimum absolute atomic E-state index is 0.0868. The molecule has 1 amide bonds. The molecule has 0 aromatic carbocycles. The summed E-state index contributed by atoms with van der Waals surface area (Å²) in [7, 11) is -1.91. The van der Waals surface area contributed by atoms with Gasteiger partial charge in [0.05, 0.1) is 24.4 Å². The van der Waals surface area contributed by atoms with Gasteiger partial charge < -0.3 is 5.32 Å². The van der Waals surface area contributed by atoms with Crippen LogP contribution in [-0.2, 0) is 28.4 Å². The zero-order chi connectivity index (χ0) is 18.0. The van der Waals surface area contributed by atoms with Crippen LogP contribution in [0.5, 0.6) is 0 Å². The van der Waals surface area contributed by atoms with Crippen molar-refractivity contribution in [2.24, 2.45) is 13.0 Å². The molecule has 1 unspecified atom stereocenters. The smallest absolute Gasteiger partial charge is 0.246 e. The van der Waals surface area contributed by atoms with Crippen molar-refractivity contribution < 1.29 is 13.2 Å². The molecule has 136 valence electrons. The number of aromatic nitrogens is 2. The maximum absolute atomic E-state index is 12.9. The first-order valence-electron chi connectivity index (χ1n) is 8.18. The molecule has 9 heteroatoms. The number of thiophene rings is 1. The van der Waals surface area contributed by atoms with Gasteiger partial charge in [-0.2, -0.15) is 9.40 Å². The lowest BCUT2D eigenvalue weighted by molar-refractivity contribution is -0.126. The molecule has 0 radical (unpaired) electrons. The van der Waals surface area contributed by atoms with Gasteiger partial charge in [0.15, 0.2) is 0 Å². The Balaban J connectivity index is 1.68. The summed E-state index contributed by atoms with van der Waals surface area (Å²) in [5, 5.41) is 8.90. The normalized spacial score (nSPS) is 19.0. The van der Waals surface area contributed by atoms with Crippen molar-refractivity contribution in [1.29, 1.82) is 0 Å². The molecule has 0 aliphatic carbocycles. The topological polar surface area (TPSA) is 84.3 Å². The molecule has 2 aromatic heterocycles. The summed E-state index contributed by atoms with van der Waals surface area (Å²) in [4.78, 5) is 13.7. The van der Waals surface area contributed by atoms with Crippen molar-refractivity contribution >= 4 is 27.3 Å². The van der Waals surface area contributed by atoms with E-state index in [1.807, 2.05) is 17.5 Å². The number of carbonyl (C=O) groups excluding carboxylic acids is 1. The van der Waals surface area contributed by atoms with Gasteiger partial charge in [0, 0.05) is 25.0 Å². The highest BCUT2D eigenvalue weighted by Crippen LogP contribution is 2.25. The van der Waals surface area contributed by atoms with Gasteiger partial charge in [-0.05, 0) is 31.2 Å². The molecule has 3 rings (SSSR count). The van der Waals surface area contributed by atoms with Gasteiger partial charge in [0.2, 0.25) is 15.9 Å². The molecule has 2 aromatic rings. The summed E-state index contributed by atoms with van der Waals surface area (Å²) in [6, 6.07) is 3.91. The molecule has 7 nitrogen and oxygen atoms in total. The van der Waals surface area contributed by atoms with E-state index in [0.29, 0.717) is 31.6 Å². The second-order valence-electron chi connectivity index (χ2n) is 6.22. The third-order valence-electron chi connectivity index (χ3n) is 4.58. The number of piperidine rings is 1. The Morgan fingerprint density at radius 3 is 2.92 bits per heavy atom. The van der Waals surface area contributed by atoms with Gasteiger partial charge in [0.1, 0.15) is 4.90 Å². The third kappa shape index (κ3) is 3.78. The van der Waals surface area contributed by atoms with E-state index in [1.165, 1.54) is 10.5 Å². The van der Waals surface area contributed by atoms with E-state index in [4.69, 9.17) is 0 Å². The highest BCUT2D eigenvalue weighted by Gasteiger charge is 2.34. The van der Waals surface area contributed by atoms with Crippen LogP contribution in [0.2, 0.25) is 0 Å². The average molecular weight is 383 g/mol. The van der Waals surface area contributed by atoms with E-state index >= 15 is 0 Å². The second-order valence-corrected chi connectivity index (χ2v) is 9.16. The first-order chi connectivity index (χ1) is 11.9. The molecule has 1 atom stereocenters. The van der Waals surface area contributed by atoms with E-state index in [0.717, 1.165) is 4.88 Å². The molecular formula is C16H22N4O3S2. The van der Waals surface area contributed by atoms with Gasteiger partial charge in [-0.25, -0.2) is 8.42 Å². The van der Waals surface area contributed by atoms with Gasteiger partial charge in [-0.3, -0.25) is 9.48 Å². The minimum Gasteiger partial charge on any atom is -0.351 e. The van der Waals surface area contributed by atoms with Crippen molar-refractivity contribution in [2.75, 3.05) is 13.1 Å². The summed E-state index contributed by atoms with van der Waals surface area (Å²) in [5.41, 5.74) is 0.601. The fraction of sp³-hybridized carbons (Fsp3) is 0.500. The predicted octanol–water partition coefficient (Wildman–Crippen LogP) is 1.51. The maximum Gasteiger partial charge on any atom is 0.246 e. The van der Waals surface area contributed by atoms with E-state index in [9.17, 15) is 13.2 Å². The van der Waals surface area contributed by atoms with Gasteiger partial charge >= 0.3 is 0 Å². The molecule has 1 aliphatic heterocycles.